The van der Waals surface area contributed by atoms with Gasteiger partial charge < -0.3 is 14.6 Å². The number of aromatic amines is 1. The number of hydrogen-bond acceptors (Lipinski definition) is 4. The second-order valence-corrected chi connectivity index (χ2v) is 7.14. The highest BCUT2D eigenvalue weighted by Crippen LogP contribution is 2.26. The number of nitrogens with zero attached hydrogens (tertiary/aromatic N) is 4. The zero-order chi connectivity index (χ0) is 19.8. The summed E-state index contributed by atoms with van der Waals surface area (Å²) in [7, 11) is 0. The lowest BCUT2D eigenvalue weighted by Gasteiger charge is -2.27. The summed E-state index contributed by atoms with van der Waals surface area (Å²) < 4.78 is 7.25. The average molecular weight is 408 g/mol. The number of carbonyl (C=O) groups excluding carboxylic acids is 1. The number of carbonyl (C=O) groups is 1. The number of imidazole rings is 2. The molecule has 0 aliphatic carbocycles. The Morgan fingerprint density at radius 1 is 1.10 bits per heavy atom. The maximum absolute atomic E-state index is 13.4. The molecule has 1 aliphatic rings. The minimum atomic E-state index is -0.116. The molecular weight excluding hydrogens is 390 g/mol. The number of pyridine rings is 1. The van der Waals surface area contributed by atoms with Crippen LogP contribution in [0.5, 0.6) is 0 Å². The normalized spacial score (nSPS) is 15.3. The van der Waals surface area contributed by atoms with Crippen LogP contribution in [0, 0.1) is 0 Å². The SMILES string of the molecule is O=C(/C(=C/c1c(Cl)nc2ccccn12)c1nc2ccccc2[nH]1)N1CCOCC1. The van der Waals surface area contributed by atoms with E-state index >= 15 is 0 Å². The van der Waals surface area contributed by atoms with Gasteiger partial charge in [-0.1, -0.05) is 29.8 Å². The average Bonchev–Trinajstić information content (AvgIpc) is 3.32. The number of benzene rings is 1. The third-order valence-electron chi connectivity index (χ3n) is 4.98. The van der Waals surface area contributed by atoms with Gasteiger partial charge in [0.1, 0.15) is 11.5 Å². The molecule has 1 aliphatic heterocycles. The van der Waals surface area contributed by atoms with Crippen molar-refractivity contribution in [2.75, 3.05) is 26.3 Å². The van der Waals surface area contributed by atoms with E-state index in [0.717, 1.165) is 11.0 Å². The van der Waals surface area contributed by atoms with E-state index in [0.29, 0.717) is 54.2 Å². The second-order valence-electron chi connectivity index (χ2n) is 6.78. The highest BCUT2D eigenvalue weighted by Gasteiger charge is 2.25. The zero-order valence-electron chi connectivity index (χ0n) is 15.5. The summed E-state index contributed by atoms with van der Waals surface area (Å²) in [5.41, 5.74) is 3.46. The third kappa shape index (κ3) is 3.28. The van der Waals surface area contributed by atoms with Crippen LogP contribution in [0.25, 0.3) is 28.3 Å². The first-order valence-corrected chi connectivity index (χ1v) is 9.75. The molecule has 0 radical (unpaired) electrons. The van der Waals surface area contributed by atoms with Gasteiger partial charge in [-0.2, -0.15) is 0 Å². The fourth-order valence-corrected chi connectivity index (χ4v) is 3.73. The van der Waals surface area contributed by atoms with Gasteiger partial charge in [0.2, 0.25) is 0 Å². The van der Waals surface area contributed by atoms with Crippen LogP contribution >= 0.6 is 11.6 Å². The van der Waals surface area contributed by atoms with E-state index in [9.17, 15) is 4.79 Å². The van der Waals surface area contributed by atoms with Crippen LogP contribution in [-0.4, -0.2) is 56.5 Å². The number of hydrogen-bond donors (Lipinski definition) is 1. The molecule has 0 atom stereocenters. The first-order chi connectivity index (χ1) is 14.2. The minimum absolute atomic E-state index is 0.116. The number of ether oxygens (including phenoxy) is 1. The molecule has 29 heavy (non-hydrogen) atoms. The first kappa shape index (κ1) is 17.9. The number of para-hydroxylation sites is 2. The summed E-state index contributed by atoms with van der Waals surface area (Å²) in [4.78, 5) is 27.5. The van der Waals surface area contributed by atoms with Crippen LogP contribution in [0.15, 0.2) is 48.7 Å². The van der Waals surface area contributed by atoms with Crippen molar-refractivity contribution in [1.82, 2.24) is 24.3 Å². The smallest absolute Gasteiger partial charge is 0.257 e. The Kier molecular flexibility index (Phi) is 4.54. The van der Waals surface area contributed by atoms with Crippen LogP contribution in [0.3, 0.4) is 0 Å². The van der Waals surface area contributed by atoms with Gasteiger partial charge in [0.25, 0.3) is 5.91 Å². The topological polar surface area (TPSA) is 75.5 Å². The lowest BCUT2D eigenvalue weighted by molar-refractivity contribution is -0.128. The number of rotatable bonds is 3. The van der Waals surface area contributed by atoms with Crippen LogP contribution in [-0.2, 0) is 9.53 Å². The molecule has 0 saturated carbocycles. The summed E-state index contributed by atoms with van der Waals surface area (Å²) in [6.45, 7) is 2.12. The lowest BCUT2D eigenvalue weighted by atomic mass is 10.1. The Balaban J connectivity index is 1.67. The molecule has 0 unspecified atom stereocenters. The van der Waals surface area contributed by atoms with Crippen molar-refractivity contribution in [2.45, 2.75) is 0 Å². The van der Waals surface area contributed by atoms with E-state index in [4.69, 9.17) is 16.3 Å². The summed E-state index contributed by atoms with van der Waals surface area (Å²) in [6, 6.07) is 13.4. The Morgan fingerprint density at radius 2 is 1.90 bits per heavy atom. The van der Waals surface area contributed by atoms with Crippen molar-refractivity contribution >= 4 is 45.8 Å². The molecule has 1 fully saturated rings. The van der Waals surface area contributed by atoms with Crippen molar-refractivity contribution in [3.63, 3.8) is 0 Å². The fraction of sp³-hybridized carbons (Fsp3) is 0.190. The largest absolute Gasteiger partial charge is 0.378 e. The van der Waals surface area contributed by atoms with Crippen molar-refractivity contribution in [3.8, 4) is 0 Å². The van der Waals surface area contributed by atoms with E-state index in [1.54, 1.807) is 11.0 Å². The van der Waals surface area contributed by atoms with Crippen LogP contribution in [0.4, 0.5) is 0 Å². The molecule has 0 spiro atoms. The quantitative estimate of drug-likeness (QED) is 0.529. The van der Waals surface area contributed by atoms with Crippen LogP contribution in [0.2, 0.25) is 5.15 Å². The number of fused-ring (bicyclic) bond motifs is 2. The standard InChI is InChI=1S/C21H18ClN5O2/c22-19-17(27-8-4-3-7-18(27)25-19)13-14(21(28)26-9-11-29-12-10-26)20-23-15-5-1-2-6-16(15)24-20/h1-8,13H,9-12H2,(H,23,24)/b14-13+. The van der Waals surface area contributed by atoms with E-state index in [1.165, 1.54) is 0 Å². The second kappa shape index (κ2) is 7.35. The molecule has 3 aromatic heterocycles. The van der Waals surface area contributed by atoms with E-state index in [2.05, 4.69) is 15.0 Å². The Morgan fingerprint density at radius 3 is 2.72 bits per heavy atom. The van der Waals surface area contributed by atoms with E-state index in [1.807, 2.05) is 53.1 Å². The monoisotopic (exact) mass is 407 g/mol. The number of nitrogens with one attached hydrogen (secondary N) is 1. The minimum Gasteiger partial charge on any atom is -0.378 e. The Hall–Kier alpha value is -3.16. The van der Waals surface area contributed by atoms with Gasteiger partial charge in [-0.15, -0.1) is 0 Å². The molecule has 1 amide bonds. The maximum atomic E-state index is 13.4. The molecule has 1 aromatic carbocycles. The van der Waals surface area contributed by atoms with Gasteiger partial charge in [0.15, 0.2) is 5.15 Å². The molecule has 1 saturated heterocycles. The van der Waals surface area contributed by atoms with Gasteiger partial charge in [0.05, 0.1) is 35.5 Å². The molecule has 5 rings (SSSR count). The molecule has 7 nitrogen and oxygen atoms in total. The van der Waals surface area contributed by atoms with Crippen LogP contribution in [0.1, 0.15) is 11.5 Å². The number of aromatic nitrogens is 4. The van der Waals surface area contributed by atoms with Gasteiger partial charge in [-0.3, -0.25) is 9.20 Å². The summed E-state index contributed by atoms with van der Waals surface area (Å²) >= 11 is 6.42. The van der Waals surface area contributed by atoms with Crippen molar-refractivity contribution in [1.29, 1.82) is 0 Å². The molecule has 4 aromatic rings. The molecule has 1 N–H and O–H groups in total. The molecule has 146 valence electrons. The lowest BCUT2D eigenvalue weighted by Crippen LogP contribution is -2.41. The number of halogens is 1. The van der Waals surface area contributed by atoms with Gasteiger partial charge in [-0.25, -0.2) is 9.97 Å². The summed E-state index contributed by atoms with van der Waals surface area (Å²) in [5, 5.41) is 0.333. The molecular formula is C21H18ClN5O2. The number of H-pyrrole nitrogens is 1. The fourth-order valence-electron chi connectivity index (χ4n) is 3.50. The van der Waals surface area contributed by atoms with E-state index in [-0.39, 0.29) is 5.91 Å². The summed E-state index contributed by atoms with van der Waals surface area (Å²) in [5.74, 6) is 0.388. The van der Waals surface area contributed by atoms with Crippen molar-refractivity contribution in [2.24, 2.45) is 0 Å². The Labute approximate surface area is 171 Å². The van der Waals surface area contributed by atoms with Crippen LogP contribution < -0.4 is 0 Å². The predicted octanol–water partition coefficient (Wildman–Crippen LogP) is 3.26. The molecule has 8 heteroatoms. The summed E-state index contributed by atoms with van der Waals surface area (Å²) in [6.07, 6.45) is 3.63. The number of morpholine rings is 1. The molecule has 4 heterocycles. The van der Waals surface area contributed by atoms with Gasteiger partial charge >= 0.3 is 0 Å². The Bertz CT molecular complexity index is 1200. The zero-order valence-corrected chi connectivity index (χ0v) is 16.3. The predicted molar refractivity (Wildman–Crippen MR) is 112 cm³/mol. The van der Waals surface area contributed by atoms with Crippen molar-refractivity contribution < 1.29 is 9.53 Å². The third-order valence-corrected chi connectivity index (χ3v) is 5.25. The van der Waals surface area contributed by atoms with Gasteiger partial charge in [-0.05, 0) is 30.3 Å². The van der Waals surface area contributed by atoms with Crippen molar-refractivity contribution in [3.05, 3.63) is 65.3 Å². The highest BCUT2D eigenvalue weighted by molar-refractivity contribution is 6.32. The maximum Gasteiger partial charge on any atom is 0.257 e. The van der Waals surface area contributed by atoms with E-state index < -0.39 is 0 Å². The molecule has 0 bridgehead atoms. The number of amides is 1. The highest BCUT2D eigenvalue weighted by atomic mass is 35.5. The van der Waals surface area contributed by atoms with Gasteiger partial charge in [0, 0.05) is 19.3 Å². The first-order valence-electron chi connectivity index (χ1n) is 9.37.